The zero-order valence-corrected chi connectivity index (χ0v) is 20.7. The van der Waals surface area contributed by atoms with Gasteiger partial charge in [-0.1, -0.05) is 23.5 Å². The van der Waals surface area contributed by atoms with Crippen LogP contribution in [0.25, 0.3) is 10.2 Å². The molecule has 2 aromatic carbocycles. The van der Waals surface area contributed by atoms with E-state index < -0.39 is 9.84 Å². The number of amides is 1. The van der Waals surface area contributed by atoms with E-state index in [1.54, 1.807) is 42.3 Å². The number of methoxy groups -OCH3 is 1. The molecule has 0 saturated carbocycles. The van der Waals surface area contributed by atoms with Crippen LogP contribution >= 0.6 is 23.7 Å². The molecule has 174 valence electrons. The quantitative estimate of drug-likeness (QED) is 0.447. The van der Waals surface area contributed by atoms with Gasteiger partial charge in [-0.3, -0.25) is 9.69 Å². The fourth-order valence-electron chi connectivity index (χ4n) is 2.82. The zero-order chi connectivity index (χ0) is 22.6. The summed E-state index contributed by atoms with van der Waals surface area (Å²) in [6.45, 7) is 0.864. The number of thiazole rings is 1. The number of carbonyl (C=O) groups excluding carboxylic acids is 1. The summed E-state index contributed by atoms with van der Waals surface area (Å²) in [7, 11) is 2.05. The summed E-state index contributed by atoms with van der Waals surface area (Å²) in [5.41, 5.74) is 0.640. The molecule has 0 bridgehead atoms. The topological polar surface area (TPSA) is 89.0 Å². The SMILES string of the molecule is COc1ccccc1OCC(=O)N(CCN(C)C)c1nc2ccc(S(C)(=O)=O)cc2s1.Cl. The molecule has 0 aliphatic rings. The van der Waals surface area contributed by atoms with Crippen molar-refractivity contribution in [3.05, 3.63) is 42.5 Å². The smallest absolute Gasteiger partial charge is 0.266 e. The fraction of sp³-hybridized carbons (Fsp3) is 0.333. The molecule has 1 heterocycles. The van der Waals surface area contributed by atoms with Crippen LogP contribution in [0.5, 0.6) is 11.5 Å². The summed E-state index contributed by atoms with van der Waals surface area (Å²) in [4.78, 5) is 21.4. The summed E-state index contributed by atoms with van der Waals surface area (Å²) < 4.78 is 35.4. The number of para-hydroxylation sites is 2. The predicted molar refractivity (Wildman–Crippen MR) is 129 cm³/mol. The van der Waals surface area contributed by atoms with E-state index in [0.717, 1.165) is 6.26 Å². The van der Waals surface area contributed by atoms with Crippen LogP contribution in [-0.4, -0.2) is 71.4 Å². The summed E-state index contributed by atoms with van der Waals surface area (Å²) in [6.07, 6.45) is 1.16. The van der Waals surface area contributed by atoms with Crippen molar-refractivity contribution >= 4 is 54.8 Å². The van der Waals surface area contributed by atoms with Gasteiger partial charge in [-0.05, 0) is 44.4 Å². The van der Waals surface area contributed by atoms with Gasteiger partial charge in [0.05, 0.1) is 22.2 Å². The number of likely N-dealkylation sites (N-methyl/N-ethyl adjacent to an activating group) is 1. The molecule has 8 nitrogen and oxygen atoms in total. The maximum Gasteiger partial charge on any atom is 0.266 e. The van der Waals surface area contributed by atoms with E-state index in [2.05, 4.69) is 4.98 Å². The lowest BCUT2D eigenvalue weighted by Crippen LogP contribution is -2.39. The molecule has 3 rings (SSSR count). The number of anilines is 1. The predicted octanol–water partition coefficient (Wildman–Crippen LogP) is 3.10. The third-order valence-electron chi connectivity index (χ3n) is 4.50. The van der Waals surface area contributed by atoms with Gasteiger partial charge in [0.1, 0.15) is 0 Å². The Balaban J connectivity index is 0.00000363. The molecule has 0 N–H and O–H groups in total. The van der Waals surface area contributed by atoms with Crippen LogP contribution in [0.2, 0.25) is 0 Å². The molecule has 0 radical (unpaired) electrons. The van der Waals surface area contributed by atoms with Gasteiger partial charge in [0.15, 0.2) is 33.1 Å². The summed E-state index contributed by atoms with van der Waals surface area (Å²) in [5.74, 6) is 0.770. The van der Waals surface area contributed by atoms with Gasteiger partial charge in [-0.25, -0.2) is 13.4 Å². The molecule has 0 atom stereocenters. The van der Waals surface area contributed by atoms with Crippen molar-refractivity contribution in [1.82, 2.24) is 9.88 Å². The fourth-order valence-corrected chi connectivity index (χ4v) is 4.59. The van der Waals surface area contributed by atoms with E-state index in [-0.39, 0.29) is 29.8 Å². The maximum atomic E-state index is 13.0. The van der Waals surface area contributed by atoms with Crippen molar-refractivity contribution in [3.8, 4) is 11.5 Å². The first-order valence-corrected chi connectivity index (χ1v) is 12.2. The highest BCUT2D eigenvalue weighted by atomic mass is 35.5. The van der Waals surface area contributed by atoms with Gasteiger partial charge >= 0.3 is 0 Å². The first-order valence-electron chi connectivity index (χ1n) is 9.50. The number of fused-ring (bicyclic) bond motifs is 1. The Morgan fingerprint density at radius 1 is 1.09 bits per heavy atom. The molecule has 11 heteroatoms. The Bertz CT molecular complexity index is 1180. The van der Waals surface area contributed by atoms with Crippen molar-refractivity contribution in [2.75, 3.05) is 52.1 Å². The molecule has 0 aliphatic carbocycles. The Hall–Kier alpha value is -2.40. The number of hydrogen-bond donors (Lipinski definition) is 0. The lowest BCUT2D eigenvalue weighted by Gasteiger charge is -2.22. The molecular weight excluding hydrogens is 474 g/mol. The molecule has 0 unspecified atom stereocenters. The number of benzene rings is 2. The van der Waals surface area contributed by atoms with Crippen LogP contribution in [0.3, 0.4) is 0 Å². The minimum atomic E-state index is -3.33. The van der Waals surface area contributed by atoms with Gasteiger partial charge < -0.3 is 14.4 Å². The van der Waals surface area contributed by atoms with Crippen molar-refractivity contribution in [2.24, 2.45) is 0 Å². The normalized spacial score (nSPS) is 11.3. The minimum absolute atomic E-state index is 0. The minimum Gasteiger partial charge on any atom is -0.493 e. The number of aromatic nitrogens is 1. The number of halogens is 1. The van der Waals surface area contributed by atoms with E-state index in [1.165, 1.54) is 17.4 Å². The third kappa shape index (κ3) is 6.32. The van der Waals surface area contributed by atoms with E-state index in [0.29, 0.717) is 39.9 Å². The molecule has 32 heavy (non-hydrogen) atoms. The molecule has 0 fully saturated rings. The summed E-state index contributed by atoms with van der Waals surface area (Å²) >= 11 is 1.28. The number of ether oxygens (including phenoxy) is 2. The molecule has 3 aromatic rings. The number of hydrogen-bond acceptors (Lipinski definition) is 8. The van der Waals surface area contributed by atoms with Crippen LogP contribution in [0, 0.1) is 0 Å². The Morgan fingerprint density at radius 2 is 1.78 bits per heavy atom. The maximum absolute atomic E-state index is 13.0. The average Bonchev–Trinajstić information content (AvgIpc) is 3.14. The van der Waals surface area contributed by atoms with Crippen LogP contribution in [-0.2, 0) is 14.6 Å². The van der Waals surface area contributed by atoms with Gasteiger partial charge in [-0.15, -0.1) is 12.4 Å². The van der Waals surface area contributed by atoms with Crippen LogP contribution in [0.15, 0.2) is 47.4 Å². The van der Waals surface area contributed by atoms with Crippen LogP contribution in [0.1, 0.15) is 0 Å². The Labute approximate surface area is 198 Å². The second-order valence-corrected chi connectivity index (χ2v) is 10.2. The summed E-state index contributed by atoms with van der Waals surface area (Å²) in [5, 5.41) is 0.496. The molecule has 0 saturated heterocycles. The average molecular weight is 500 g/mol. The third-order valence-corrected chi connectivity index (χ3v) is 6.65. The van der Waals surface area contributed by atoms with Crippen molar-refractivity contribution in [1.29, 1.82) is 0 Å². The standard InChI is InChI=1S/C21H25N3O5S2.ClH/c1-23(2)11-12-24(20(25)14-29-18-8-6-5-7-17(18)28-3)21-22-16-10-9-15(31(4,26)27)13-19(16)30-21;/h5-10,13H,11-12,14H2,1-4H3;1H. The molecule has 1 amide bonds. The van der Waals surface area contributed by atoms with E-state index in [4.69, 9.17) is 9.47 Å². The highest BCUT2D eigenvalue weighted by molar-refractivity contribution is 7.90. The number of carbonyl (C=O) groups is 1. The molecular formula is C21H26ClN3O5S2. The van der Waals surface area contributed by atoms with Crippen LogP contribution < -0.4 is 14.4 Å². The molecule has 0 spiro atoms. The molecule has 1 aromatic heterocycles. The van der Waals surface area contributed by atoms with Crippen LogP contribution in [0.4, 0.5) is 5.13 Å². The van der Waals surface area contributed by atoms with Gasteiger partial charge in [0, 0.05) is 19.3 Å². The van der Waals surface area contributed by atoms with E-state index >= 15 is 0 Å². The van der Waals surface area contributed by atoms with Crippen molar-refractivity contribution in [2.45, 2.75) is 4.90 Å². The van der Waals surface area contributed by atoms with Gasteiger partial charge in [0.25, 0.3) is 5.91 Å². The highest BCUT2D eigenvalue weighted by Gasteiger charge is 2.21. The number of nitrogens with zero attached hydrogens (tertiary/aromatic N) is 3. The lowest BCUT2D eigenvalue weighted by atomic mass is 10.3. The zero-order valence-electron chi connectivity index (χ0n) is 18.3. The Kier molecular flexibility index (Phi) is 8.85. The Morgan fingerprint density at radius 3 is 2.41 bits per heavy atom. The lowest BCUT2D eigenvalue weighted by molar-refractivity contribution is -0.120. The van der Waals surface area contributed by atoms with E-state index in [1.807, 2.05) is 25.1 Å². The largest absolute Gasteiger partial charge is 0.493 e. The van der Waals surface area contributed by atoms with Gasteiger partial charge in [0.2, 0.25) is 0 Å². The molecule has 0 aliphatic heterocycles. The summed E-state index contributed by atoms with van der Waals surface area (Å²) in [6, 6.07) is 11.9. The van der Waals surface area contributed by atoms with Crippen molar-refractivity contribution < 1.29 is 22.7 Å². The van der Waals surface area contributed by atoms with Crippen molar-refractivity contribution in [3.63, 3.8) is 0 Å². The first-order chi connectivity index (χ1) is 14.7. The first kappa shape index (κ1) is 25.9. The highest BCUT2D eigenvalue weighted by Crippen LogP contribution is 2.31. The van der Waals surface area contributed by atoms with Gasteiger partial charge in [-0.2, -0.15) is 0 Å². The second-order valence-electron chi connectivity index (χ2n) is 7.19. The number of rotatable bonds is 9. The number of sulfone groups is 1. The second kappa shape index (κ2) is 11.0. The monoisotopic (exact) mass is 499 g/mol. The van der Waals surface area contributed by atoms with E-state index in [9.17, 15) is 13.2 Å².